The number of aliphatic hydroxyl groups is 1. The lowest BCUT2D eigenvalue weighted by molar-refractivity contribution is -0.117. The van der Waals surface area contributed by atoms with Gasteiger partial charge < -0.3 is 16.2 Å². The van der Waals surface area contributed by atoms with Gasteiger partial charge in [0.2, 0.25) is 5.91 Å². The lowest BCUT2D eigenvalue weighted by Crippen LogP contribution is -2.20. The van der Waals surface area contributed by atoms with Gasteiger partial charge in [-0.1, -0.05) is 38.5 Å². The summed E-state index contributed by atoms with van der Waals surface area (Å²) >= 11 is 0. The number of hydrogen-bond acceptors (Lipinski definition) is 3. The highest BCUT2D eigenvalue weighted by molar-refractivity contribution is 5.91. The van der Waals surface area contributed by atoms with Crippen molar-refractivity contribution in [3.63, 3.8) is 0 Å². The van der Waals surface area contributed by atoms with Crippen molar-refractivity contribution in [1.82, 2.24) is 0 Å². The summed E-state index contributed by atoms with van der Waals surface area (Å²) in [5.41, 5.74) is 7.25. The number of benzene rings is 1. The maximum Gasteiger partial charge on any atom is 0.224 e. The first-order chi connectivity index (χ1) is 8.58. The first-order valence-electron chi connectivity index (χ1n) is 6.33. The van der Waals surface area contributed by atoms with Crippen LogP contribution in [0.5, 0.6) is 0 Å². The molecule has 2 unspecified atom stereocenters. The highest BCUT2D eigenvalue weighted by atomic mass is 16.3. The highest BCUT2D eigenvalue weighted by Crippen LogP contribution is 2.21. The van der Waals surface area contributed by atoms with Crippen molar-refractivity contribution in [3.05, 3.63) is 29.8 Å². The number of para-hydroxylation sites is 1. The van der Waals surface area contributed by atoms with Crippen LogP contribution in [0.15, 0.2) is 24.3 Å². The molecule has 0 radical (unpaired) electrons. The Hall–Kier alpha value is -1.39. The molecule has 0 aromatic heterocycles. The van der Waals surface area contributed by atoms with Gasteiger partial charge in [-0.15, -0.1) is 0 Å². The largest absolute Gasteiger partial charge is 0.394 e. The summed E-state index contributed by atoms with van der Waals surface area (Å²) in [5, 5.41) is 12.0. The fourth-order valence-corrected chi connectivity index (χ4v) is 1.69. The predicted octanol–water partition coefficient (Wildman–Crippen LogP) is 2.05. The van der Waals surface area contributed by atoms with Crippen molar-refractivity contribution in [2.45, 2.75) is 32.7 Å². The fraction of sp³-hybridized carbons (Fsp3) is 0.500. The summed E-state index contributed by atoms with van der Waals surface area (Å²) in [7, 11) is 0. The van der Waals surface area contributed by atoms with Crippen molar-refractivity contribution in [3.8, 4) is 0 Å². The maximum absolute atomic E-state index is 11.8. The topological polar surface area (TPSA) is 75.4 Å². The van der Waals surface area contributed by atoms with Gasteiger partial charge >= 0.3 is 0 Å². The minimum absolute atomic E-state index is 0.0121. The first kappa shape index (κ1) is 14.7. The monoisotopic (exact) mass is 250 g/mol. The van der Waals surface area contributed by atoms with Crippen molar-refractivity contribution in [2.75, 3.05) is 11.9 Å². The van der Waals surface area contributed by atoms with Crippen LogP contribution >= 0.6 is 0 Å². The van der Waals surface area contributed by atoms with Gasteiger partial charge in [0.15, 0.2) is 0 Å². The van der Waals surface area contributed by atoms with Crippen LogP contribution in [-0.2, 0) is 4.79 Å². The van der Waals surface area contributed by atoms with E-state index in [2.05, 4.69) is 12.2 Å². The van der Waals surface area contributed by atoms with E-state index in [-0.39, 0.29) is 12.5 Å². The second-order valence-electron chi connectivity index (χ2n) is 4.64. The Morgan fingerprint density at radius 2 is 2.11 bits per heavy atom. The van der Waals surface area contributed by atoms with E-state index >= 15 is 0 Å². The summed E-state index contributed by atoms with van der Waals surface area (Å²) in [6.45, 7) is 3.97. The number of hydrogen-bond donors (Lipinski definition) is 3. The molecule has 1 rings (SSSR count). The molecular weight excluding hydrogens is 228 g/mol. The zero-order chi connectivity index (χ0) is 13.5. The number of aliphatic hydroxyl groups excluding tert-OH is 1. The molecule has 1 aromatic carbocycles. The van der Waals surface area contributed by atoms with Gasteiger partial charge in [0.05, 0.1) is 12.6 Å². The standard InChI is InChI=1S/C14H22N2O2/c1-3-10(2)8-14(18)16-13-7-5-4-6-11(13)12(15)9-17/h4-7,10,12,17H,3,8-9,15H2,1-2H3,(H,16,18). The molecule has 4 heteroatoms. The Morgan fingerprint density at radius 3 is 2.72 bits per heavy atom. The average molecular weight is 250 g/mol. The van der Waals surface area contributed by atoms with Crippen molar-refractivity contribution in [2.24, 2.45) is 11.7 Å². The number of carbonyl (C=O) groups is 1. The van der Waals surface area contributed by atoms with Gasteiger partial charge in [-0.2, -0.15) is 0 Å². The molecular formula is C14H22N2O2. The Kier molecular flexibility index (Phi) is 5.82. The quantitative estimate of drug-likeness (QED) is 0.723. The van der Waals surface area contributed by atoms with Gasteiger partial charge in [0.1, 0.15) is 0 Å². The van der Waals surface area contributed by atoms with Crippen molar-refractivity contribution in [1.29, 1.82) is 0 Å². The Morgan fingerprint density at radius 1 is 1.44 bits per heavy atom. The van der Waals surface area contributed by atoms with Crippen LogP contribution in [0.25, 0.3) is 0 Å². The summed E-state index contributed by atoms with van der Waals surface area (Å²) < 4.78 is 0. The van der Waals surface area contributed by atoms with Crippen LogP contribution in [0, 0.1) is 5.92 Å². The molecule has 0 saturated heterocycles. The minimum Gasteiger partial charge on any atom is -0.394 e. The van der Waals surface area contributed by atoms with Crippen molar-refractivity contribution < 1.29 is 9.90 Å². The van der Waals surface area contributed by atoms with E-state index in [0.717, 1.165) is 12.0 Å². The summed E-state index contributed by atoms with van der Waals surface area (Å²) in [4.78, 5) is 11.8. The van der Waals surface area contributed by atoms with Gasteiger partial charge in [-0.05, 0) is 17.5 Å². The van der Waals surface area contributed by atoms with Gasteiger partial charge in [0.25, 0.3) is 0 Å². The average Bonchev–Trinajstić information content (AvgIpc) is 2.38. The number of carbonyl (C=O) groups excluding carboxylic acids is 1. The molecule has 0 spiro atoms. The molecule has 0 heterocycles. The lowest BCUT2D eigenvalue weighted by atomic mass is 10.0. The zero-order valence-electron chi connectivity index (χ0n) is 11.0. The number of nitrogens with two attached hydrogens (primary N) is 1. The van der Waals surface area contributed by atoms with Crippen LogP contribution < -0.4 is 11.1 Å². The van der Waals surface area contributed by atoms with Crippen molar-refractivity contribution >= 4 is 11.6 Å². The van der Waals surface area contributed by atoms with E-state index in [0.29, 0.717) is 18.0 Å². The van der Waals surface area contributed by atoms with Gasteiger partial charge in [-0.25, -0.2) is 0 Å². The molecule has 0 aliphatic heterocycles. The molecule has 0 fully saturated rings. The summed E-state index contributed by atoms with van der Waals surface area (Å²) in [6, 6.07) is 6.84. The number of amides is 1. The molecule has 4 N–H and O–H groups in total. The molecule has 2 atom stereocenters. The molecule has 18 heavy (non-hydrogen) atoms. The molecule has 0 aliphatic rings. The Bertz CT molecular complexity index is 393. The molecule has 0 aliphatic carbocycles. The van der Waals surface area contributed by atoms with E-state index < -0.39 is 6.04 Å². The van der Waals surface area contributed by atoms with Crippen LogP contribution in [0.1, 0.15) is 38.3 Å². The molecule has 4 nitrogen and oxygen atoms in total. The molecule has 0 saturated carbocycles. The predicted molar refractivity (Wildman–Crippen MR) is 73.2 cm³/mol. The normalized spacial score (nSPS) is 14.0. The van der Waals surface area contributed by atoms with Crippen LogP contribution in [0.2, 0.25) is 0 Å². The first-order valence-corrected chi connectivity index (χ1v) is 6.33. The van der Waals surface area contributed by atoms with Gasteiger partial charge in [0, 0.05) is 12.1 Å². The molecule has 1 amide bonds. The maximum atomic E-state index is 11.8. The SMILES string of the molecule is CCC(C)CC(=O)Nc1ccccc1C(N)CO. The summed E-state index contributed by atoms with van der Waals surface area (Å²) in [5.74, 6) is 0.352. The third kappa shape index (κ3) is 4.13. The summed E-state index contributed by atoms with van der Waals surface area (Å²) in [6.07, 6.45) is 1.48. The van der Waals surface area contributed by atoms with Crippen LogP contribution in [0.3, 0.4) is 0 Å². The molecule has 1 aromatic rings. The minimum atomic E-state index is -0.468. The molecule has 100 valence electrons. The van der Waals surface area contributed by atoms with Crippen LogP contribution in [-0.4, -0.2) is 17.6 Å². The second-order valence-corrected chi connectivity index (χ2v) is 4.64. The number of anilines is 1. The number of rotatable bonds is 6. The molecule has 0 bridgehead atoms. The number of nitrogens with one attached hydrogen (secondary N) is 1. The highest BCUT2D eigenvalue weighted by Gasteiger charge is 2.13. The zero-order valence-corrected chi connectivity index (χ0v) is 11.0. The lowest BCUT2D eigenvalue weighted by Gasteiger charge is -2.16. The van der Waals surface area contributed by atoms with Crippen LogP contribution in [0.4, 0.5) is 5.69 Å². The van der Waals surface area contributed by atoms with E-state index in [4.69, 9.17) is 10.8 Å². The van der Waals surface area contributed by atoms with E-state index in [1.807, 2.05) is 25.1 Å². The Labute approximate surface area is 108 Å². The Balaban J connectivity index is 2.75. The van der Waals surface area contributed by atoms with Gasteiger partial charge in [-0.3, -0.25) is 4.79 Å². The van der Waals surface area contributed by atoms with E-state index in [1.54, 1.807) is 6.07 Å². The van der Waals surface area contributed by atoms with E-state index in [9.17, 15) is 4.79 Å². The third-order valence-corrected chi connectivity index (χ3v) is 3.06. The third-order valence-electron chi connectivity index (χ3n) is 3.06. The fourth-order valence-electron chi connectivity index (χ4n) is 1.69. The smallest absolute Gasteiger partial charge is 0.224 e. The second kappa shape index (κ2) is 7.13. The van der Waals surface area contributed by atoms with E-state index in [1.165, 1.54) is 0 Å².